The number of rotatable bonds is 3. The van der Waals surface area contributed by atoms with Crippen LogP contribution in [0.25, 0.3) is 0 Å². The van der Waals surface area contributed by atoms with Crippen LogP contribution >= 0.6 is 6.72 Å². The maximum absolute atomic E-state index is 9.04. The molecule has 0 spiro atoms. The number of aryl methyl sites for hydroxylation is 1. The summed E-state index contributed by atoms with van der Waals surface area (Å²) in [5.41, 5.74) is 2.28. The normalized spacial score (nSPS) is 11.5. The Morgan fingerprint density at radius 3 is 2.27 bits per heavy atom. The predicted molar refractivity (Wildman–Crippen MR) is 64.4 cm³/mol. The third-order valence-electron chi connectivity index (χ3n) is 2.19. The van der Waals surface area contributed by atoms with Crippen LogP contribution < -0.4 is 0 Å². The molecule has 0 unspecified atom stereocenters. The molecule has 84 valence electrons. The van der Waals surface area contributed by atoms with Crippen molar-refractivity contribution in [2.24, 2.45) is 0 Å². The average Bonchev–Trinajstić information content (AvgIpc) is 2.15. The summed E-state index contributed by atoms with van der Waals surface area (Å²) in [7, 11) is 0.759. The van der Waals surface area contributed by atoms with Gasteiger partial charge in [0.15, 0.2) is 0 Å². The van der Waals surface area contributed by atoms with Crippen molar-refractivity contribution in [3.63, 3.8) is 0 Å². The Hall–Kier alpha value is -0.250. The molecule has 0 amide bonds. The number of benzene rings is 1. The molecule has 0 aliphatic rings. The maximum Gasteiger partial charge on any atom is 0.521 e. The minimum atomic E-state index is -3.79. The van der Waals surface area contributed by atoms with E-state index in [-0.39, 0.29) is 0 Å². The maximum atomic E-state index is 9.04. The summed E-state index contributed by atoms with van der Waals surface area (Å²) in [6.07, 6.45) is 1.73. The summed E-state index contributed by atoms with van der Waals surface area (Å²) in [6, 6.07) is 5.70. The minimum Gasteiger partial charge on any atom is -0.289 e. The van der Waals surface area contributed by atoms with E-state index in [0.29, 0.717) is 0 Å². The highest BCUT2D eigenvalue weighted by atomic mass is 32.5. The standard InChI is InChI=1S/C10H16O3PS/c1-3-8-6-5-7-10(9(8)4-2)15-14(11,12)13/h5-7,11-13H,3-4H2,1-2H3/q+1. The molecule has 0 aliphatic heterocycles. The van der Waals surface area contributed by atoms with E-state index in [9.17, 15) is 0 Å². The van der Waals surface area contributed by atoms with E-state index >= 15 is 0 Å². The van der Waals surface area contributed by atoms with Crippen LogP contribution in [0.15, 0.2) is 23.1 Å². The third-order valence-corrected chi connectivity index (χ3v) is 4.33. The van der Waals surface area contributed by atoms with Crippen molar-refractivity contribution in [2.45, 2.75) is 31.6 Å². The van der Waals surface area contributed by atoms with E-state index in [1.54, 1.807) is 6.07 Å². The van der Waals surface area contributed by atoms with Gasteiger partial charge >= 0.3 is 6.72 Å². The molecule has 1 rings (SSSR count). The van der Waals surface area contributed by atoms with E-state index in [4.69, 9.17) is 14.7 Å². The highest BCUT2D eigenvalue weighted by Gasteiger charge is 2.24. The molecule has 0 saturated carbocycles. The Balaban J connectivity index is 3.30. The molecule has 3 N–H and O–H groups in total. The highest BCUT2D eigenvalue weighted by Crippen LogP contribution is 2.35. The minimum absolute atomic E-state index is 0.759. The Morgan fingerprint density at radius 1 is 1.13 bits per heavy atom. The van der Waals surface area contributed by atoms with E-state index in [1.165, 1.54) is 5.56 Å². The molecule has 1 aromatic carbocycles. The first-order valence-corrected chi connectivity index (χ1v) is 7.92. The van der Waals surface area contributed by atoms with Gasteiger partial charge in [-0.05, 0) is 18.4 Å². The topological polar surface area (TPSA) is 60.7 Å². The summed E-state index contributed by atoms with van der Waals surface area (Å²) < 4.78 is 0. The molecule has 0 atom stereocenters. The monoisotopic (exact) mass is 247 g/mol. The first-order valence-electron chi connectivity index (χ1n) is 4.85. The van der Waals surface area contributed by atoms with E-state index < -0.39 is 6.72 Å². The summed E-state index contributed by atoms with van der Waals surface area (Å²) in [4.78, 5) is 27.9. The molecule has 0 aromatic heterocycles. The molecule has 1 aromatic rings. The van der Waals surface area contributed by atoms with Crippen LogP contribution in [0.2, 0.25) is 0 Å². The van der Waals surface area contributed by atoms with Gasteiger partial charge < -0.3 is 0 Å². The molecule has 15 heavy (non-hydrogen) atoms. The van der Waals surface area contributed by atoms with Gasteiger partial charge in [0.1, 0.15) is 0 Å². The fraction of sp³-hybridized carbons (Fsp3) is 0.400. The summed E-state index contributed by atoms with van der Waals surface area (Å²) in [5.74, 6) is 0. The van der Waals surface area contributed by atoms with Crippen LogP contribution in [0.3, 0.4) is 0 Å². The first-order chi connectivity index (χ1) is 6.98. The van der Waals surface area contributed by atoms with Crippen molar-refractivity contribution < 1.29 is 14.7 Å². The van der Waals surface area contributed by atoms with Crippen LogP contribution in [0, 0.1) is 0 Å². The second-order valence-electron chi connectivity index (χ2n) is 3.21. The molecule has 5 heteroatoms. The Kier molecular flexibility index (Phi) is 4.44. The Labute approximate surface area is 93.6 Å². The molecule has 0 aliphatic carbocycles. The SMILES string of the molecule is CCc1cccc([S+]=P(O)(O)O)c1CC. The molecule has 0 radical (unpaired) electrons. The van der Waals surface area contributed by atoms with Crippen LogP contribution in [-0.2, 0) is 23.8 Å². The van der Waals surface area contributed by atoms with Gasteiger partial charge in [0.05, 0.1) is 0 Å². The van der Waals surface area contributed by atoms with Gasteiger partial charge in [-0.25, -0.2) is 0 Å². The van der Waals surface area contributed by atoms with E-state index in [0.717, 1.165) is 34.2 Å². The lowest BCUT2D eigenvalue weighted by atomic mass is 10.0. The second kappa shape index (κ2) is 5.19. The molecule has 0 fully saturated rings. The quantitative estimate of drug-likeness (QED) is 0.565. The Morgan fingerprint density at radius 2 is 1.80 bits per heavy atom. The van der Waals surface area contributed by atoms with Gasteiger partial charge in [0.2, 0.25) is 4.90 Å². The first kappa shape index (κ1) is 12.8. The Bertz CT molecular complexity index is 389. The van der Waals surface area contributed by atoms with Gasteiger partial charge in [-0.15, -0.1) is 0 Å². The fourth-order valence-electron chi connectivity index (χ4n) is 1.56. The molecular formula is C10H16O3PS+. The van der Waals surface area contributed by atoms with Crippen molar-refractivity contribution in [3.05, 3.63) is 29.3 Å². The van der Waals surface area contributed by atoms with E-state index in [1.807, 2.05) is 19.1 Å². The van der Waals surface area contributed by atoms with Crippen LogP contribution in [0.4, 0.5) is 0 Å². The summed E-state index contributed by atoms with van der Waals surface area (Å²) >= 11 is 0. The predicted octanol–water partition coefficient (Wildman–Crippen LogP) is 1.91. The number of hydrogen-bond donors (Lipinski definition) is 3. The molecule has 0 bridgehead atoms. The van der Waals surface area contributed by atoms with Gasteiger partial charge in [-0.2, -0.15) is 0 Å². The zero-order valence-electron chi connectivity index (χ0n) is 8.84. The van der Waals surface area contributed by atoms with Crippen molar-refractivity contribution >= 4 is 17.7 Å². The highest BCUT2D eigenvalue weighted by molar-refractivity contribution is 8.16. The zero-order valence-corrected chi connectivity index (χ0v) is 10.6. The molecular weight excluding hydrogens is 231 g/mol. The summed E-state index contributed by atoms with van der Waals surface area (Å²) in [5, 5.41) is 0. The average molecular weight is 247 g/mol. The smallest absolute Gasteiger partial charge is 0.289 e. The van der Waals surface area contributed by atoms with Crippen molar-refractivity contribution in [2.75, 3.05) is 0 Å². The molecule has 0 heterocycles. The van der Waals surface area contributed by atoms with Crippen LogP contribution in [-0.4, -0.2) is 14.7 Å². The second-order valence-corrected chi connectivity index (χ2v) is 6.87. The molecule has 3 nitrogen and oxygen atoms in total. The summed E-state index contributed by atoms with van der Waals surface area (Å²) in [6.45, 7) is 0.285. The van der Waals surface area contributed by atoms with Gasteiger partial charge in [-0.3, -0.25) is 14.7 Å². The fourth-order valence-corrected chi connectivity index (χ4v) is 3.65. The zero-order chi connectivity index (χ0) is 11.5. The van der Waals surface area contributed by atoms with Crippen LogP contribution in [0.5, 0.6) is 0 Å². The lowest BCUT2D eigenvalue weighted by Crippen LogP contribution is -1.95. The van der Waals surface area contributed by atoms with E-state index in [2.05, 4.69) is 6.92 Å². The van der Waals surface area contributed by atoms with Gasteiger partial charge in [-0.1, -0.05) is 26.0 Å². The molecule has 0 saturated heterocycles. The van der Waals surface area contributed by atoms with Crippen molar-refractivity contribution in [1.29, 1.82) is 0 Å². The lowest BCUT2D eigenvalue weighted by molar-refractivity contribution is 0.363. The van der Waals surface area contributed by atoms with Crippen molar-refractivity contribution in [3.8, 4) is 0 Å². The van der Waals surface area contributed by atoms with Crippen LogP contribution in [0.1, 0.15) is 25.0 Å². The third kappa shape index (κ3) is 3.67. The number of hydrogen-bond acceptors (Lipinski definition) is 0. The lowest BCUT2D eigenvalue weighted by Gasteiger charge is -2.03. The largest absolute Gasteiger partial charge is 0.521 e. The van der Waals surface area contributed by atoms with Gasteiger partial charge in [0.25, 0.3) is 10.9 Å². The van der Waals surface area contributed by atoms with Crippen molar-refractivity contribution in [1.82, 2.24) is 0 Å². The van der Waals surface area contributed by atoms with Gasteiger partial charge in [0, 0.05) is 11.6 Å².